The molecule has 3 atom stereocenters. The SMILES string of the molecule is C1CC2COC(CNCC3CCC4(CCCC4)O3)CN2C1. The fourth-order valence-electron chi connectivity index (χ4n) is 4.84. The standard InChI is InChI=1S/C17H30N2O2/c1-2-7-17(6-1)8-5-15(21-17)10-18-11-16-12-19-9-3-4-14(19)13-20-16/h14-16,18H,1-13H2. The van der Waals surface area contributed by atoms with Crippen LogP contribution in [0.2, 0.25) is 0 Å². The van der Waals surface area contributed by atoms with Gasteiger partial charge >= 0.3 is 0 Å². The number of morpholine rings is 1. The van der Waals surface area contributed by atoms with Gasteiger partial charge in [-0.2, -0.15) is 0 Å². The van der Waals surface area contributed by atoms with Crippen molar-refractivity contribution in [2.24, 2.45) is 0 Å². The average molecular weight is 294 g/mol. The Hall–Kier alpha value is -0.160. The van der Waals surface area contributed by atoms with Crippen molar-refractivity contribution in [1.82, 2.24) is 10.2 Å². The van der Waals surface area contributed by atoms with E-state index in [1.807, 2.05) is 0 Å². The second kappa shape index (κ2) is 6.15. The van der Waals surface area contributed by atoms with Gasteiger partial charge in [-0.3, -0.25) is 4.90 Å². The van der Waals surface area contributed by atoms with E-state index in [2.05, 4.69) is 10.2 Å². The maximum Gasteiger partial charge on any atom is 0.0827 e. The molecule has 4 rings (SSSR count). The van der Waals surface area contributed by atoms with Crippen LogP contribution in [-0.4, -0.2) is 61.5 Å². The maximum absolute atomic E-state index is 6.35. The monoisotopic (exact) mass is 294 g/mol. The van der Waals surface area contributed by atoms with Gasteiger partial charge in [-0.05, 0) is 45.1 Å². The van der Waals surface area contributed by atoms with Gasteiger partial charge in [-0.1, -0.05) is 12.8 Å². The molecule has 0 aromatic heterocycles. The van der Waals surface area contributed by atoms with Crippen molar-refractivity contribution in [1.29, 1.82) is 0 Å². The van der Waals surface area contributed by atoms with Crippen LogP contribution in [0.3, 0.4) is 0 Å². The van der Waals surface area contributed by atoms with Gasteiger partial charge in [0, 0.05) is 25.7 Å². The number of rotatable bonds is 4. The minimum atomic E-state index is 0.274. The molecule has 0 radical (unpaired) electrons. The molecule has 1 aliphatic carbocycles. The Morgan fingerprint density at radius 1 is 1.00 bits per heavy atom. The predicted octanol–water partition coefficient (Wildman–Crippen LogP) is 1.93. The first kappa shape index (κ1) is 14.4. The second-order valence-corrected chi connectivity index (χ2v) is 7.57. The molecule has 4 nitrogen and oxygen atoms in total. The lowest BCUT2D eigenvalue weighted by molar-refractivity contribution is -0.0530. The highest BCUT2D eigenvalue weighted by Gasteiger charge is 2.42. The molecule has 120 valence electrons. The van der Waals surface area contributed by atoms with Gasteiger partial charge in [0.25, 0.3) is 0 Å². The van der Waals surface area contributed by atoms with Crippen LogP contribution in [0.25, 0.3) is 0 Å². The second-order valence-electron chi connectivity index (χ2n) is 7.57. The van der Waals surface area contributed by atoms with Crippen LogP contribution in [-0.2, 0) is 9.47 Å². The first-order valence-corrected chi connectivity index (χ1v) is 9.07. The molecular formula is C17H30N2O2. The number of nitrogens with one attached hydrogen (secondary N) is 1. The lowest BCUT2D eigenvalue weighted by Gasteiger charge is -2.35. The Bertz CT molecular complexity index is 353. The molecule has 4 aliphatic rings. The van der Waals surface area contributed by atoms with Gasteiger partial charge in [0.15, 0.2) is 0 Å². The highest BCUT2D eigenvalue weighted by atomic mass is 16.5. The zero-order valence-corrected chi connectivity index (χ0v) is 13.2. The van der Waals surface area contributed by atoms with E-state index in [1.165, 1.54) is 57.9 Å². The van der Waals surface area contributed by atoms with E-state index in [4.69, 9.17) is 9.47 Å². The third-order valence-electron chi connectivity index (χ3n) is 6.06. The van der Waals surface area contributed by atoms with Gasteiger partial charge in [-0.15, -0.1) is 0 Å². The summed E-state index contributed by atoms with van der Waals surface area (Å²) in [5.74, 6) is 0. The molecule has 1 spiro atoms. The van der Waals surface area contributed by atoms with Crippen molar-refractivity contribution in [2.45, 2.75) is 75.2 Å². The van der Waals surface area contributed by atoms with Gasteiger partial charge in [0.05, 0.1) is 24.4 Å². The van der Waals surface area contributed by atoms with Crippen molar-refractivity contribution >= 4 is 0 Å². The average Bonchev–Trinajstić information content (AvgIpc) is 3.22. The number of ether oxygens (including phenoxy) is 2. The van der Waals surface area contributed by atoms with Crippen molar-refractivity contribution in [3.8, 4) is 0 Å². The maximum atomic E-state index is 6.35. The molecule has 3 unspecified atom stereocenters. The lowest BCUT2D eigenvalue weighted by atomic mass is 9.98. The Morgan fingerprint density at radius 2 is 1.86 bits per heavy atom. The molecular weight excluding hydrogens is 264 g/mol. The normalized spacial score (nSPS) is 39.1. The topological polar surface area (TPSA) is 33.7 Å². The van der Waals surface area contributed by atoms with E-state index in [1.54, 1.807) is 0 Å². The van der Waals surface area contributed by atoms with Crippen LogP contribution < -0.4 is 5.32 Å². The smallest absolute Gasteiger partial charge is 0.0827 e. The van der Waals surface area contributed by atoms with Crippen LogP contribution in [0, 0.1) is 0 Å². The molecule has 4 fully saturated rings. The summed E-state index contributed by atoms with van der Waals surface area (Å²) < 4.78 is 12.4. The Morgan fingerprint density at radius 3 is 2.76 bits per heavy atom. The lowest BCUT2D eigenvalue weighted by Crippen LogP contribution is -2.50. The highest BCUT2D eigenvalue weighted by Crippen LogP contribution is 2.43. The zero-order valence-electron chi connectivity index (χ0n) is 13.2. The summed E-state index contributed by atoms with van der Waals surface area (Å²) in [4.78, 5) is 2.62. The van der Waals surface area contributed by atoms with Gasteiger partial charge in [0.2, 0.25) is 0 Å². The third-order valence-corrected chi connectivity index (χ3v) is 6.06. The molecule has 3 saturated heterocycles. The largest absolute Gasteiger partial charge is 0.374 e. The van der Waals surface area contributed by atoms with Crippen molar-refractivity contribution < 1.29 is 9.47 Å². The molecule has 4 heteroatoms. The van der Waals surface area contributed by atoms with Crippen LogP contribution in [0.1, 0.15) is 51.4 Å². The van der Waals surface area contributed by atoms with E-state index in [0.717, 1.165) is 26.2 Å². The van der Waals surface area contributed by atoms with Gasteiger partial charge in [-0.25, -0.2) is 0 Å². The van der Waals surface area contributed by atoms with E-state index in [0.29, 0.717) is 18.2 Å². The summed E-state index contributed by atoms with van der Waals surface area (Å²) in [7, 11) is 0. The van der Waals surface area contributed by atoms with Crippen LogP contribution in [0.15, 0.2) is 0 Å². The summed E-state index contributed by atoms with van der Waals surface area (Å²) in [6, 6.07) is 0.710. The fourth-order valence-corrected chi connectivity index (χ4v) is 4.84. The molecule has 1 N–H and O–H groups in total. The molecule has 1 saturated carbocycles. The van der Waals surface area contributed by atoms with Crippen molar-refractivity contribution in [2.75, 3.05) is 32.8 Å². The van der Waals surface area contributed by atoms with Gasteiger partial charge < -0.3 is 14.8 Å². The summed E-state index contributed by atoms with van der Waals surface area (Å²) >= 11 is 0. The number of hydrogen-bond donors (Lipinski definition) is 1. The zero-order chi connectivity index (χ0) is 14.1. The van der Waals surface area contributed by atoms with E-state index < -0.39 is 0 Å². The Balaban J connectivity index is 1.17. The number of nitrogens with zero attached hydrogens (tertiary/aromatic N) is 1. The minimum Gasteiger partial charge on any atom is -0.374 e. The number of fused-ring (bicyclic) bond motifs is 1. The third kappa shape index (κ3) is 3.14. The van der Waals surface area contributed by atoms with Crippen LogP contribution in [0.4, 0.5) is 0 Å². The fraction of sp³-hybridized carbons (Fsp3) is 1.00. The summed E-state index contributed by atoms with van der Waals surface area (Å²) in [6.45, 7) is 5.32. The quantitative estimate of drug-likeness (QED) is 0.859. The number of hydrogen-bond acceptors (Lipinski definition) is 4. The molecule has 0 bridgehead atoms. The first-order valence-electron chi connectivity index (χ1n) is 9.07. The summed E-state index contributed by atoms with van der Waals surface area (Å²) in [6.07, 6.45) is 11.4. The molecule has 0 aromatic carbocycles. The molecule has 0 amide bonds. The first-order chi connectivity index (χ1) is 10.3. The summed E-state index contributed by atoms with van der Waals surface area (Å²) in [5.41, 5.74) is 0.274. The van der Waals surface area contributed by atoms with Crippen molar-refractivity contribution in [3.63, 3.8) is 0 Å². The Labute approximate surface area is 128 Å². The molecule has 21 heavy (non-hydrogen) atoms. The van der Waals surface area contributed by atoms with Crippen LogP contribution >= 0.6 is 0 Å². The van der Waals surface area contributed by atoms with Gasteiger partial charge in [0.1, 0.15) is 0 Å². The predicted molar refractivity (Wildman–Crippen MR) is 82.5 cm³/mol. The molecule has 3 aliphatic heterocycles. The van der Waals surface area contributed by atoms with Crippen LogP contribution in [0.5, 0.6) is 0 Å². The van der Waals surface area contributed by atoms with E-state index >= 15 is 0 Å². The molecule has 3 heterocycles. The molecule has 0 aromatic rings. The minimum absolute atomic E-state index is 0.274. The summed E-state index contributed by atoms with van der Waals surface area (Å²) in [5, 5.41) is 3.61. The van der Waals surface area contributed by atoms with Crippen molar-refractivity contribution in [3.05, 3.63) is 0 Å². The van der Waals surface area contributed by atoms with E-state index in [9.17, 15) is 0 Å². The van der Waals surface area contributed by atoms with E-state index in [-0.39, 0.29) is 5.60 Å². The Kier molecular flexibility index (Phi) is 4.23. The highest BCUT2D eigenvalue weighted by molar-refractivity contribution is 4.93.